The first kappa shape index (κ1) is 19.6. The van der Waals surface area contributed by atoms with E-state index in [4.69, 9.17) is 13.9 Å². The minimum Gasteiger partial charge on any atom is -0.477 e. The van der Waals surface area contributed by atoms with E-state index in [0.717, 1.165) is 46.1 Å². The van der Waals surface area contributed by atoms with Crippen molar-refractivity contribution < 1.29 is 18.7 Å². The van der Waals surface area contributed by atoms with Gasteiger partial charge in [-0.1, -0.05) is 30.3 Å². The second kappa shape index (κ2) is 8.04. The zero-order chi connectivity index (χ0) is 21.4. The smallest absolute Gasteiger partial charge is 0.342 e. The predicted octanol–water partition coefficient (Wildman–Crippen LogP) is 4.86. The van der Waals surface area contributed by atoms with Crippen LogP contribution >= 0.6 is 0 Å². The van der Waals surface area contributed by atoms with Gasteiger partial charge in [0.2, 0.25) is 0 Å². The van der Waals surface area contributed by atoms with Crippen molar-refractivity contribution in [1.82, 2.24) is 9.88 Å². The van der Waals surface area contributed by atoms with Gasteiger partial charge in [-0.05, 0) is 26.0 Å². The minimum atomic E-state index is -0.359. The number of hydrogen-bond donors (Lipinski definition) is 0. The minimum absolute atomic E-state index is 0.313. The Bertz CT molecular complexity index is 1260. The summed E-state index contributed by atoms with van der Waals surface area (Å²) in [5.74, 6) is 1.03. The van der Waals surface area contributed by atoms with Crippen molar-refractivity contribution in [3.63, 3.8) is 0 Å². The summed E-state index contributed by atoms with van der Waals surface area (Å²) in [7, 11) is 0. The Morgan fingerprint density at radius 2 is 1.97 bits per heavy atom. The third kappa shape index (κ3) is 3.43. The number of carbonyl (C=O) groups is 1. The normalized spacial score (nSPS) is 13.9. The highest BCUT2D eigenvalue weighted by Gasteiger charge is 2.30. The molecule has 1 aliphatic rings. The largest absolute Gasteiger partial charge is 0.477 e. The monoisotopic (exact) mass is 416 g/mol. The summed E-state index contributed by atoms with van der Waals surface area (Å²) in [6.07, 6.45) is 2.64. The van der Waals surface area contributed by atoms with E-state index in [1.54, 1.807) is 0 Å². The standard InChI is InChI=1S/C25H24N2O4/c1-3-29-25(28)21-16(2)31-24-19-10-5-4-9-18(19)23-20(22(21)24)14-27(15-30-23)13-11-17-8-6-7-12-26-17/h4-10,12H,3,11,13-15H2,1-2H3. The highest BCUT2D eigenvalue weighted by Crippen LogP contribution is 2.44. The topological polar surface area (TPSA) is 64.8 Å². The lowest BCUT2D eigenvalue weighted by molar-refractivity contribution is 0.0526. The molecule has 0 saturated heterocycles. The summed E-state index contributed by atoms with van der Waals surface area (Å²) in [4.78, 5) is 19.5. The Morgan fingerprint density at radius 1 is 1.16 bits per heavy atom. The maximum atomic E-state index is 12.8. The lowest BCUT2D eigenvalue weighted by Gasteiger charge is -2.30. The first-order valence-electron chi connectivity index (χ1n) is 10.6. The molecule has 6 nitrogen and oxygen atoms in total. The van der Waals surface area contributed by atoms with Gasteiger partial charge in [-0.2, -0.15) is 0 Å². The molecule has 6 heteroatoms. The second-order valence-corrected chi connectivity index (χ2v) is 7.71. The molecule has 158 valence electrons. The molecule has 0 radical (unpaired) electrons. The van der Waals surface area contributed by atoms with Gasteiger partial charge in [-0.15, -0.1) is 0 Å². The Labute approximate surface area is 180 Å². The molecular weight excluding hydrogens is 392 g/mol. The summed E-state index contributed by atoms with van der Waals surface area (Å²) < 4.78 is 17.7. The van der Waals surface area contributed by atoms with Gasteiger partial charge in [-0.25, -0.2) is 4.79 Å². The molecule has 1 aliphatic heterocycles. The van der Waals surface area contributed by atoms with Crippen LogP contribution in [0, 0.1) is 6.92 Å². The average Bonchev–Trinajstić information content (AvgIpc) is 3.16. The molecule has 4 aromatic rings. The number of benzene rings is 2. The van der Waals surface area contributed by atoms with E-state index < -0.39 is 0 Å². The van der Waals surface area contributed by atoms with Crippen LogP contribution in [0.15, 0.2) is 53.1 Å². The molecule has 0 N–H and O–H groups in total. The SMILES string of the molecule is CCOC(=O)c1c(C)oc2c1c1c(c3ccccc32)OCN(CCc2ccccn2)C1. The summed E-state index contributed by atoms with van der Waals surface area (Å²) in [6.45, 7) is 5.89. The van der Waals surface area contributed by atoms with E-state index in [1.807, 2.05) is 62.5 Å². The number of nitrogens with zero attached hydrogens (tertiary/aromatic N) is 2. The van der Waals surface area contributed by atoms with E-state index in [9.17, 15) is 4.79 Å². The van der Waals surface area contributed by atoms with Crippen molar-refractivity contribution >= 4 is 27.7 Å². The lowest BCUT2D eigenvalue weighted by Crippen LogP contribution is -2.34. The van der Waals surface area contributed by atoms with Crippen molar-refractivity contribution in [2.45, 2.75) is 26.8 Å². The van der Waals surface area contributed by atoms with E-state index >= 15 is 0 Å². The number of rotatable bonds is 5. The van der Waals surface area contributed by atoms with Crippen LogP contribution < -0.4 is 4.74 Å². The first-order chi connectivity index (χ1) is 15.2. The molecule has 0 aliphatic carbocycles. The quantitative estimate of drug-likeness (QED) is 0.433. The van der Waals surface area contributed by atoms with Gasteiger partial charge >= 0.3 is 5.97 Å². The van der Waals surface area contributed by atoms with Crippen molar-refractivity contribution in [1.29, 1.82) is 0 Å². The Morgan fingerprint density at radius 3 is 2.74 bits per heavy atom. The van der Waals surface area contributed by atoms with Crippen molar-refractivity contribution in [2.75, 3.05) is 19.9 Å². The van der Waals surface area contributed by atoms with Crippen molar-refractivity contribution in [3.8, 4) is 5.75 Å². The highest BCUT2D eigenvalue weighted by molar-refractivity contribution is 6.16. The highest BCUT2D eigenvalue weighted by atomic mass is 16.5. The zero-order valence-corrected chi connectivity index (χ0v) is 17.7. The summed E-state index contributed by atoms with van der Waals surface area (Å²) in [6, 6.07) is 14.0. The van der Waals surface area contributed by atoms with E-state index in [1.165, 1.54) is 0 Å². The number of furan rings is 1. The molecule has 31 heavy (non-hydrogen) atoms. The average molecular weight is 416 g/mol. The number of aryl methyl sites for hydroxylation is 1. The molecular formula is C25H24N2O4. The molecule has 0 spiro atoms. The number of esters is 1. The van der Waals surface area contributed by atoms with Gasteiger partial charge in [0.15, 0.2) is 0 Å². The van der Waals surface area contributed by atoms with Crippen molar-refractivity contribution in [2.24, 2.45) is 0 Å². The fraction of sp³-hybridized carbons (Fsp3) is 0.280. The maximum Gasteiger partial charge on any atom is 0.342 e. The Balaban J connectivity index is 1.61. The van der Waals surface area contributed by atoms with Gasteiger partial charge in [0.1, 0.15) is 29.4 Å². The van der Waals surface area contributed by atoms with Gasteiger partial charge in [0.05, 0.1) is 6.61 Å². The molecule has 2 aromatic heterocycles. The van der Waals surface area contributed by atoms with E-state index in [0.29, 0.717) is 36.8 Å². The van der Waals surface area contributed by atoms with Crippen molar-refractivity contribution in [3.05, 3.63) is 71.2 Å². The molecule has 2 aromatic carbocycles. The number of carbonyl (C=O) groups excluding carboxylic acids is 1. The van der Waals surface area contributed by atoms with Crippen LogP contribution in [0.25, 0.3) is 21.7 Å². The Kier molecular flexibility index (Phi) is 5.08. The molecule has 0 atom stereocenters. The van der Waals surface area contributed by atoms with Gasteiger partial charge < -0.3 is 13.9 Å². The summed E-state index contributed by atoms with van der Waals surface area (Å²) >= 11 is 0. The second-order valence-electron chi connectivity index (χ2n) is 7.71. The summed E-state index contributed by atoms with van der Waals surface area (Å²) in [5, 5.41) is 2.74. The third-order valence-electron chi connectivity index (χ3n) is 5.74. The number of aromatic nitrogens is 1. The number of pyridine rings is 1. The summed E-state index contributed by atoms with van der Waals surface area (Å²) in [5.41, 5.74) is 3.23. The van der Waals surface area contributed by atoms with Crippen LogP contribution in [0.1, 0.15) is 34.3 Å². The van der Waals surface area contributed by atoms with E-state index in [-0.39, 0.29) is 5.97 Å². The molecule has 0 fully saturated rings. The first-order valence-corrected chi connectivity index (χ1v) is 10.6. The molecule has 5 rings (SSSR count). The number of hydrogen-bond acceptors (Lipinski definition) is 6. The lowest BCUT2D eigenvalue weighted by atomic mass is 9.96. The molecule has 0 unspecified atom stereocenters. The van der Waals surface area contributed by atoms with Gasteiger partial charge in [0, 0.05) is 53.1 Å². The molecule has 0 saturated carbocycles. The fourth-order valence-electron chi connectivity index (χ4n) is 4.33. The third-order valence-corrected chi connectivity index (χ3v) is 5.74. The van der Waals surface area contributed by atoms with Gasteiger partial charge in [0.25, 0.3) is 0 Å². The number of fused-ring (bicyclic) bond motifs is 6. The van der Waals surface area contributed by atoms with Crippen LogP contribution in [0.3, 0.4) is 0 Å². The Hall–Kier alpha value is -3.38. The van der Waals surface area contributed by atoms with E-state index in [2.05, 4.69) is 9.88 Å². The van der Waals surface area contributed by atoms with Crippen LogP contribution in [0.2, 0.25) is 0 Å². The fourth-order valence-corrected chi connectivity index (χ4v) is 4.33. The molecule has 0 amide bonds. The zero-order valence-electron chi connectivity index (χ0n) is 17.7. The maximum absolute atomic E-state index is 12.8. The van der Waals surface area contributed by atoms with Gasteiger partial charge in [-0.3, -0.25) is 9.88 Å². The van der Waals surface area contributed by atoms with Crippen LogP contribution in [0.4, 0.5) is 0 Å². The number of ether oxygens (including phenoxy) is 2. The van der Waals surface area contributed by atoms with Crippen LogP contribution in [0.5, 0.6) is 5.75 Å². The van der Waals surface area contributed by atoms with Crippen LogP contribution in [-0.2, 0) is 17.7 Å². The predicted molar refractivity (Wildman–Crippen MR) is 118 cm³/mol. The molecule has 0 bridgehead atoms. The molecule has 3 heterocycles. The van der Waals surface area contributed by atoms with Crippen LogP contribution in [-0.4, -0.2) is 35.7 Å².